The molecule has 8 nitrogen and oxygen atoms in total. The summed E-state index contributed by atoms with van der Waals surface area (Å²) in [5.74, 6) is 1.75. The Kier molecular flexibility index (Phi) is 5.65. The molecule has 0 bridgehead atoms. The Hall–Kier alpha value is -2.22. The van der Waals surface area contributed by atoms with Gasteiger partial charge in [-0.05, 0) is 19.3 Å². The molecule has 2 aromatic rings. The average molecular weight is 305 g/mol. The summed E-state index contributed by atoms with van der Waals surface area (Å²) in [6, 6.07) is 0. The van der Waals surface area contributed by atoms with Gasteiger partial charge < -0.3 is 21.1 Å². The Morgan fingerprint density at radius 3 is 2.27 bits per heavy atom. The molecule has 2 heterocycles. The molecule has 22 heavy (non-hydrogen) atoms. The molecule has 120 valence electrons. The van der Waals surface area contributed by atoms with Crippen molar-refractivity contribution >= 4 is 28.7 Å². The molecule has 0 aliphatic heterocycles. The first-order chi connectivity index (χ1) is 10.7. The number of aryl methyl sites for hydroxylation is 1. The molecule has 0 saturated carbocycles. The van der Waals surface area contributed by atoms with Gasteiger partial charge in [0.25, 0.3) is 0 Å². The lowest BCUT2D eigenvalue weighted by atomic mass is 10.2. The van der Waals surface area contributed by atoms with Crippen molar-refractivity contribution in [2.75, 3.05) is 43.2 Å². The minimum absolute atomic E-state index is 0.116. The topological polar surface area (TPSA) is 108 Å². The van der Waals surface area contributed by atoms with Gasteiger partial charge in [-0.1, -0.05) is 6.92 Å². The number of nitrogens with one attached hydrogen (secondary N) is 3. The highest BCUT2D eigenvalue weighted by Gasteiger charge is 2.15. The molecule has 0 aromatic carbocycles. The summed E-state index contributed by atoms with van der Waals surface area (Å²) < 4.78 is 0. The molecule has 2 rings (SSSR count). The monoisotopic (exact) mass is 305 g/mol. The van der Waals surface area contributed by atoms with Crippen LogP contribution < -0.4 is 16.0 Å². The van der Waals surface area contributed by atoms with Crippen LogP contribution in [0.25, 0.3) is 11.0 Å². The molecule has 0 fully saturated rings. The van der Waals surface area contributed by atoms with Crippen molar-refractivity contribution in [2.45, 2.75) is 26.2 Å². The van der Waals surface area contributed by atoms with E-state index in [2.05, 4.69) is 42.8 Å². The number of anilines is 3. The van der Waals surface area contributed by atoms with Crippen LogP contribution in [0.3, 0.4) is 0 Å². The van der Waals surface area contributed by atoms with Crippen LogP contribution in [-0.4, -0.2) is 52.3 Å². The SMILES string of the molecule is CCCNc1nc(NC)nc2c(CCCO)nc(NC)nc12. The third-order valence-electron chi connectivity index (χ3n) is 3.18. The van der Waals surface area contributed by atoms with Crippen molar-refractivity contribution in [2.24, 2.45) is 0 Å². The molecule has 2 aromatic heterocycles. The van der Waals surface area contributed by atoms with Gasteiger partial charge in [0.05, 0.1) is 5.69 Å². The van der Waals surface area contributed by atoms with E-state index in [1.807, 2.05) is 0 Å². The van der Waals surface area contributed by atoms with Crippen LogP contribution >= 0.6 is 0 Å². The van der Waals surface area contributed by atoms with Gasteiger partial charge in [0.15, 0.2) is 5.82 Å². The number of nitrogens with zero attached hydrogens (tertiary/aromatic N) is 4. The zero-order valence-electron chi connectivity index (χ0n) is 13.3. The lowest BCUT2D eigenvalue weighted by Gasteiger charge is -2.12. The van der Waals surface area contributed by atoms with E-state index in [-0.39, 0.29) is 6.61 Å². The summed E-state index contributed by atoms with van der Waals surface area (Å²) in [5, 5.41) is 18.3. The van der Waals surface area contributed by atoms with E-state index < -0.39 is 0 Å². The van der Waals surface area contributed by atoms with Crippen molar-refractivity contribution in [3.05, 3.63) is 5.69 Å². The fourth-order valence-corrected chi connectivity index (χ4v) is 2.08. The van der Waals surface area contributed by atoms with Gasteiger partial charge in [0.2, 0.25) is 11.9 Å². The Morgan fingerprint density at radius 1 is 0.955 bits per heavy atom. The number of aliphatic hydroxyl groups is 1. The quantitative estimate of drug-likeness (QED) is 0.577. The van der Waals surface area contributed by atoms with Gasteiger partial charge in [-0.3, -0.25) is 0 Å². The number of hydrogen-bond acceptors (Lipinski definition) is 8. The van der Waals surface area contributed by atoms with Crippen LogP contribution in [0.15, 0.2) is 0 Å². The van der Waals surface area contributed by atoms with Crippen molar-refractivity contribution in [1.82, 2.24) is 19.9 Å². The molecule has 0 aliphatic rings. The third-order valence-corrected chi connectivity index (χ3v) is 3.18. The van der Waals surface area contributed by atoms with E-state index in [1.165, 1.54) is 0 Å². The predicted molar refractivity (Wildman–Crippen MR) is 88.4 cm³/mol. The normalized spacial score (nSPS) is 10.7. The van der Waals surface area contributed by atoms with Crippen LogP contribution in [0.4, 0.5) is 17.7 Å². The van der Waals surface area contributed by atoms with Crippen molar-refractivity contribution in [1.29, 1.82) is 0 Å². The second kappa shape index (κ2) is 7.69. The highest BCUT2D eigenvalue weighted by atomic mass is 16.2. The van der Waals surface area contributed by atoms with Gasteiger partial charge >= 0.3 is 0 Å². The van der Waals surface area contributed by atoms with Gasteiger partial charge in [0.1, 0.15) is 11.0 Å². The lowest BCUT2D eigenvalue weighted by molar-refractivity contribution is 0.288. The second-order valence-electron chi connectivity index (χ2n) is 4.84. The van der Waals surface area contributed by atoms with Crippen LogP contribution in [0, 0.1) is 0 Å². The summed E-state index contributed by atoms with van der Waals surface area (Å²) in [6.07, 6.45) is 2.26. The van der Waals surface area contributed by atoms with E-state index in [4.69, 9.17) is 5.11 Å². The zero-order valence-corrected chi connectivity index (χ0v) is 13.3. The first-order valence-corrected chi connectivity index (χ1v) is 7.52. The fourth-order valence-electron chi connectivity index (χ4n) is 2.08. The maximum Gasteiger partial charge on any atom is 0.225 e. The van der Waals surface area contributed by atoms with Crippen molar-refractivity contribution in [3.8, 4) is 0 Å². The number of hydrogen-bond donors (Lipinski definition) is 4. The van der Waals surface area contributed by atoms with Crippen LogP contribution in [0.2, 0.25) is 0 Å². The maximum absolute atomic E-state index is 9.08. The molecule has 0 spiro atoms. The number of aromatic nitrogens is 4. The molecule has 0 atom stereocenters. The summed E-state index contributed by atoms with van der Waals surface area (Å²) >= 11 is 0. The summed E-state index contributed by atoms with van der Waals surface area (Å²) in [6.45, 7) is 3.02. The summed E-state index contributed by atoms with van der Waals surface area (Å²) in [4.78, 5) is 17.9. The third kappa shape index (κ3) is 3.51. The van der Waals surface area contributed by atoms with Gasteiger partial charge in [-0.2, -0.15) is 4.98 Å². The van der Waals surface area contributed by atoms with Crippen LogP contribution in [0.1, 0.15) is 25.5 Å². The van der Waals surface area contributed by atoms with Crippen LogP contribution in [0.5, 0.6) is 0 Å². The van der Waals surface area contributed by atoms with E-state index in [0.29, 0.717) is 41.6 Å². The molecular formula is C14H23N7O. The molecule has 8 heteroatoms. The summed E-state index contributed by atoms with van der Waals surface area (Å²) in [7, 11) is 3.56. The van der Waals surface area contributed by atoms with E-state index in [0.717, 1.165) is 18.7 Å². The first-order valence-electron chi connectivity index (χ1n) is 7.52. The molecule has 4 N–H and O–H groups in total. The van der Waals surface area contributed by atoms with Crippen molar-refractivity contribution in [3.63, 3.8) is 0 Å². The number of fused-ring (bicyclic) bond motifs is 1. The molecular weight excluding hydrogens is 282 g/mol. The van der Waals surface area contributed by atoms with E-state index in [1.54, 1.807) is 14.1 Å². The Labute approximate surface area is 129 Å². The second-order valence-corrected chi connectivity index (χ2v) is 4.84. The van der Waals surface area contributed by atoms with Crippen molar-refractivity contribution < 1.29 is 5.11 Å². The summed E-state index contributed by atoms with van der Waals surface area (Å²) in [5.41, 5.74) is 2.21. The minimum Gasteiger partial charge on any atom is -0.396 e. The predicted octanol–water partition coefficient (Wildman–Crippen LogP) is 1.25. The smallest absolute Gasteiger partial charge is 0.225 e. The highest BCUT2D eigenvalue weighted by Crippen LogP contribution is 2.24. The number of rotatable bonds is 8. The standard InChI is InChI=1S/C14H23N7O/c1-4-7-17-12-11-10(19-14(16-3)21-12)9(6-5-8-22)18-13(15-2)20-11/h22H,4-8H2,1-3H3,(H,15,18,20)(H2,16,17,19,21). The van der Waals surface area contributed by atoms with Gasteiger partial charge in [-0.25, -0.2) is 15.0 Å². The molecule has 0 unspecified atom stereocenters. The van der Waals surface area contributed by atoms with E-state index >= 15 is 0 Å². The Bertz CT molecular complexity index is 577. The van der Waals surface area contributed by atoms with Gasteiger partial charge in [0, 0.05) is 27.2 Å². The average Bonchev–Trinajstić information content (AvgIpc) is 2.56. The minimum atomic E-state index is 0.116. The molecule has 0 aliphatic carbocycles. The lowest BCUT2D eigenvalue weighted by Crippen LogP contribution is -2.10. The van der Waals surface area contributed by atoms with E-state index in [9.17, 15) is 0 Å². The Balaban J connectivity index is 2.60. The maximum atomic E-state index is 9.08. The molecule has 0 saturated heterocycles. The zero-order chi connectivity index (χ0) is 15.9. The molecule has 0 amide bonds. The fraction of sp³-hybridized carbons (Fsp3) is 0.571. The Morgan fingerprint density at radius 2 is 1.64 bits per heavy atom. The molecule has 0 radical (unpaired) electrons. The number of aliphatic hydroxyl groups excluding tert-OH is 1. The van der Waals surface area contributed by atoms with Crippen LogP contribution in [-0.2, 0) is 6.42 Å². The van der Waals surface area contributed by atoms with Gasteiger partial charge in [-0.15, -0.1) is 0 Å². The highest BCUT2D eigenvalue weighted by molar-refractivity contribution is 5.88. The largest absolute Gasteiger partial charge is 0.396 e. The first kappa shape index (κ1) is 16.2.